The maximum absolute atomic E-state index is 10.1. The van der Waals surface area contributed by atoms with E-state index in [-0.39, 0.29) is 12.1 Å². The van der Waals surface area contributed by atoms with Crippen LogP contribution in [0.25, 0.3) is 5.69 Å². The molecule has 1 N–H and O–H groups in total. The minimum absolute atomic E-state index is 0.193. The Hall–Kier alpha value is -1.40. The van der Waals surface area contributed by atoms with Crippen LogP contribution in [0.2, 0.25) is 5.02 Å². The molecule has 0 saturated carbocycles. The molecular weight excluding hydrogens is 300 g/mol. The number of benzene rings is 1. The number of halogens is 1. The average Bonchev–Trinajstić information content (AvgIpc) is 3.07. The molecule has 2 heterocycles. The topological polar surface area (TPSA) is 44.5 Å². The summed E-state index contributed by atoms with van der Waals surface area (Å²) in [5, 5.41) is 15.2. The SMILES string of the molecule is CN(C)[C@H]1CN(Cc2cnn(-c3ccccc3Cl)c2)C[C@@H]1O. The van der Waals surface area contributed by atoms with E-state index in [1.165, 1.54) is 0 Å². The van der Waals surface area contributed by atoms with E-state index in [1.807, 2.05) is 50.8 Å². The highest BCUT2D eigenvalue weighted by atomic mass is 35.5. The Morgan fingerprint density at radius 1 is 1.32 bits per heavy atom. The summed E-state index contributed by atoms with van der Waals surface area (Å²) in [5.41, 5.74) is 1.99. The molecule has 118 valence electrons. The molecule has 1 saturated heterocycles. The minimum atomic E-state index is -0.298. The normalized spacial score (nSPS) is 22.6. The van der Waals surface area contributed by atoms with Gasteiger partial charge in [-0.2, -0.15) is 5.10 Å². The number of likely N-dealkylation sites (N-methyl/N-ethyl adjacent to an activating group) is 1. The van der Waals surface area contributed by atoms with Gasteiger partial charge in [0.25, 0.3) is 0 Å². The Kier molecular flexibility index (Phi) is 4.49. The fourth-order valence-electron chi connectivity index (χ4n) is 2.95. The average molecular weight is 321 g/mol. The zero-order valence-corrected chi connectivity index (χ0v) is 13.6. The van der Waals surface area contributed by atoms with E-state index < -0.39 is 0 Å². The lowest BCUT2D eigenvalue weighted by Crippen LogP contribution is -2.37. The summed E-state index contributed by atoms with van der Waals surface area (Å²) in [5.74, 6) is 0. The molecule has 2 aromatic rings. The van der Waals surface area contributed by atoms with Crippen LogP contribution in [0.15, 0.2) is 36.7 Å². The van der Waals surface area contributed by atoms with E-state index in [9.17, 15) is 5.11 Å². The van der Waals surface area contributed by atoms with Crippen LogP contribution in [0.4, 0.5) is 0 Å². The van der Waals surface area contributed by atoms with Gasteiger partial charge >= 0.3 is 0 Å². The van der Waals surface area contributed by atoms with Crippen LogP contribution in [0.5, 0.6) is 0 Å². The fourth-order valence-corrected chi connectivity index (χ4v) is 3.18. The molecule has 0 aliphatic carbocycles. The van der Waals surface area contributed by atoms with Crippen molar-refractivity contribution in [2.24, 2.45) is 0 Å². The number of para-hydroxylation sites is 1. The maximum Gasteiger partial charge on any atom is 0.0834 e. The lowest BCUT2D eigenvalue weighted by molar-refractivity contribution is 0.112. The molecule has 0 bridgehead atoms. The molecule has 0 spiro atoms. The van der Waals surface area contributed by atoms with Gasteiger partial charge in [-0.05, 0) is 26.2 Å². The van der Waals surface area contributed by atoms with E-state index >= 15 is 0 Å². The molecule has 6 heteroatoms. The zero-order valence-electron chi connectivity index (χ0n) is 12.9. The van der Waals surface area contributed by atoms with Gasteiger partial charge in [0, 0.05) is 37.4 Å². The monoisotopic (exact) mass is 320 g/mol. The van der Waals surface area contributed by atoms with Crippen molar-refractivity contribution in [3.63, 3.8) is 0 Å². The molecule has 5 nitrogen and oxygen atoms in total. The first-order valence-corrected chi connectivity index (χ1v) is 7.77. The van der Waals surface area contributed by atoms with E-state index in [1.54, 1.807) is 4.68 Å². The lowest BCUT2D eigenvalue weighted by atomic mass is 10.2. The van der Waals surface area contributed by atoms with Gasteiger partial charge in [-0.3, -0.25) is 4.90 Å². The van der Waals surface area contributed by atoms with Gasteiger partial charge < -0.3 is 10.0 Å². The van der Waals surface area contributed by atoms with E-state index in [0.29, 0.717) is 11.6 Å². The highest BCUT2D eigenvalue weighted by molar-refractivity contribution is 6.32. The van der Waals surface area contributed by atoms with Gasteiger partial charge in [-0.1, -0.05) is 23.7 Å². The third kappa shape index (κ3) is 3.17. The number of rotatable bonds is 4. The predicted octanol–water partition coefficient (Wildman–Crippen LogP) is 1.63. The second-order valence-corrected chi connectivity index (χ2v) is 6.44. The number of aliphatic hydroxyl groups excluding tert-OH is 1. The molecule has 2 atom stereocenters. The standard InChI is InChI=1S/C16H21ClN4O/c1-19(2)15-10-20(11-16(15)22)8-12-7-18-21(9-12)14-6-4-3-5-13(14)17/h3-7,9,15-16,22H,8,10-11H2,1-2H3/t15-,16-/m0/s1. The van der Waals surface area contributed by atoms with Crippen LogP contribution < -0.4 is 0 Å². The van der Waals surface area contributed by atoms with E-state index in [0.717, 1.165) is 24.3 Å². The molecular formula is C16H21ClN4O. The van der Waals surface area contributed by atoms with Crippen molar-refractivity contribution in [1.82, 2.24) is 19.6 Å². The van der Waals surface area contributed by atoms with Gasteiger partial charge in [0.2, 0.25) is 0 Å². The van der Waals surface area contributed by atoms with Gasteiger partial charge in [-0.15, -0.1) is 0 Å². The molecule has 1 aromatic heterocycles. The molecule has 0 radical (unpaired) electrons. The Labute approximate surface area is 135 Å². The number of β-amino-alcohol motifs (C(OH)–C–C–N with tert-alkyl or cyclic N) is 1. The van der Waals surface area contributed by atoms with Crippen molar-refractivity contribution in [1.29, 1.82) is 0 Å². The summed E-state index contributed by atoms with van der Waals surface area (Å²) < 4.78 is 1.80. The Morgan fingerprint density at radius 3 is 2.77 bits per heavy atom. The Morgan fingerprint density at radius 2 is 2.09 bits per heavy atom. The van der Waals surface area contributed by atoms with E-state index in [2.05, 4.69) is 14.9 Å². The number of likely N-dealkylation sites (tertiary alicyclic amines) is 1. The number of hydrogen-bond donors (Lipinski definition) is 1. The van der Waals surface area contributed by atoms with Gasteiger partial charge in [0.05, 0.1) is 23.0 Å². The smallest absolute Gasteiger partial charge is 0.0834 e. The second kappa shape index (κ2) is 6.38. The number of aliphatic hydroxyl groups is 1. The summed E-state index contributed by atoms with van der Waals surface area (Å²) in [7, 11) is 4.01. The van der Waals surface area contributed by atoms with Gasteiger partial charge in [0.15, 0.2) is 0 Å². The molecule has 1 aromatic carbocycles. The Balaban J connectivity index is 1.69. The summed E-state index contributed by atoms with van der Waals surface area (Å²) in [6.45, 7) is 2.34. The number of aromatic nitrogens is 2. The van der Waals surface area contributed by atoms with Crippen molar-refractivity contribution in [3.05, 3.63) is 47.2 Å². The van der Waals surface area contributed by atoms with Crippen LogP contribution in [-0.4, -0.2) is 64.0 Å². The highest BCUT2D eigenvalue weighted by Crippen LogP contribution is 2.21. The third-order valence-corrected chi connectivity index (χ3v) is 4.46. The van der Waals surface area contributed by atoms with Gasteiger partial charge in [0.1, 0.15) is 0 Å². The van der Waals surface area contributed by atoms with Crippen LogP contribution in [0, 0.1) is 0 Å². The lowest BCUT2D eigenvalue weighted by Gasteiger charge is -2.21. The molecule has 22 heavy (non-hydrogen) atoms. The molecule has 1 aliphatic rings. The molecule has 0 amide bonds. The van der Waals surface area contributed by atoms with Crippen molar-refractivity contribution in [2.45, 2.75) is 18.7 Å². The third-order valence-electron chi connectivity index (χ3n) is 4.14. The maximum atomic E-state index is 10.1. The minimum Gasteiger partial charge on any atom is -0.390 e. The number of nitrogens with zero attached hydrogens (tertiary/aromatic N) is 4. The second-order valence-electron chi connectivity index (χ2n) is 6.04. The zero-order chi connectivity index (χ0) is 15.7. The van der Waals surface area contributed by atoms with Crippen LogP contribution in [0.1, 0.15) is 5.56 Å². The molecule has 1 fully saturated rings. The fraction of sp³-hybridized carbons (Fsp3) is 0.438. The summed E-state index contributed by atoms with van der Waals surface area (Å²) in [4.78, 5) is 4.33. The molecule has 1 aliphatic heterocycles. The van der Waals surface area contributed by atoms with Crippen LogP contribution in [-0.2, 0) is 6.54 Å². The van der Waals surface area contributed by atoms with Crippen LogP contribution >= 0.6 is 11.6 Å². The summed E-state index contributed by atoms with van der Waals surface area (Å²) >= 11 is 6.20. The Bertz CT molecular complexity index is 643. The van der Waals surface area contributed by atoms with E-state index in [4.69, 9.17) is 11.6 Å². The van der Waals surface area contributed by atoms with Crippen molar-refractivity contribution < 1.29 is 5.11 Å². The molecule has 3 rings (SSSR count). The van der Waals surface area contributed by atoms with Crippen molar-refractivity contribution in [3.8, 4) is 5.69 Å². The largest absolute Gasteiger partial charge is 0.390 e. The predicted molar refractivity (Wildman–Crippen MR) is 87.3 cm³/mol. The molecule has 0 unspecified atom stereocenters. The quantitative estimate of drug-likeness (QED) is 0.930. The van der Waals surface area contributed by atoms with Crippen molar-refractivity contribution in [2.75, 3.05) is 27.2 Å². The number of hydrogen-bond acceptors (Lipinski definition) is 4. The first-order chi connectivity index (χ1) is 10.5. The summed E-state index contributed by atoms with van der Waals surface area (Å²) in [6, 6.07) is 7.85. The first kappa shape index (κ1) is 15.5. The summed E-state index contributed by atoms with van der Waals surface area (Å²) in [6.07, 6.45) is 3.56. The van der Waals surface area contributed by atoms with Crippen LogP contribution in [0.3, 0.4) is 0 Å². The van der Waals surface area contributed by atoms with Gasteiger partial charge in [-0.25, -0.2) is 4.68 Å². The highest BCUT2D eigenvalue weighted by Gasteiger charge is 2.32. The van der Waals surface area contributed by atoms with Crippen molar-refractivity contribution >= 4 is 11.6 Å². The first-order valence-electron chi connectivity index (χ1n) is 7.40.